The van der Waals surface area contributed by atoms with Crippen molar-refractivity contribution in [2.45, 2.75) is 0 Å². The van der Waals surface area contributed by atoms with Gasteiger partial charge in [-0.15, -0.1) is 0 Å². The van der Waals surface area contributed by atoms with Gasteiger partial charge in [0.1, 0.15) is 12.7 Å². The number of hydrogen-bond donors (Lipinski definition) is 1. The normalized spacial score (nSPS) is 14.5. The summed E-state index contributed by atoms with van der Waals surface area (Å²) in [6, 6.07) is 12.2. The summed E-state index contributed by atoms with van der Waals surface area (Å²) in [5, 5.41) is 7.96. The summed E-state index contributed by atoms with van der Waals surface area (Å²) in [4.78, 5) is 33.1. The van der Waals surface area contributed by atoms with Crippen LogP contribution in [0.25, 0.3) is 5.69 Å². The first-order chi connectivity index (χ1) is 15.0. The van der Waals surface area contributed by atoms with Crippen molar-refractivity contribution in [3.05, 3.63) is 70.7 Å². The van der Waals surface area contributed by atoms with Crippen LogP contribution in [-0.2, 0) is 4.79 Å². The van der Waals surface area contributed by atoms with Crippen molar-refractivity contribution in [3.63, 3.8) is 0 Å². The van der Waals surface area contributed by atoms with Crippen molar-refractivity contribution in [1.82, 2.24) is 24.6 Å². The molecule has 0 aliphatic carbocycles. The van der Waals surface area contributed by atoms with E-state index < -0.39 is 0 Å². The molecule has 1 aromatic heterocycles. The zero-order chi connectivity index (χ0) is 21.8. The number of nitrogens with one attached hydrogen (secondary N) is 1. The van der Waals surface area contributed by atoms with Crippen LogP contribution in [0, 0.1) is 0 Å². The lowest BCUT2D eigenvalue weighted by Crippen LogP contribution is -2.50. The number of nitrogens with zero attached hydrogens (tertiary/aromatic N) is 5. The number of amides is 2. The minimum Gasteiger partial charge on any atom is -0.336 e. The number of carbonyl (C=O) groups excluding carboxylic acids is 2. The predicted molar refractivity (Wildman–Crippen MR) is 119 cm³/mol. The first kappa shape index (κ1) is 21.3. The van der Waals surface area contributed by atoms with E-state index in [9.17, 15) is 9.59 Å². The Labute approximate surface area is 189 Å². The summed E-state index contributed by atoms with van der Waals surface area (Å²) < 4.78 is 1.56. The second-order valence-corrected chi connectivity index (χ2v) is 7.94. The summed E-state index contributed by atoms with van der Waals surface area (Å²) in [6.45, 7) is 2.44. The van der Waals surface area contributed by atoms with E-state index in [-0.39, 0.29) is 18.4 Å². The Balaban J connectivity index is 1.35. The summed E-state index contributed by atoms with van der Waals surface area (Å²) in [7, 11) is 0. The average molecular weight is 459 g/mol. The monoisotopic (exact) mass is 458 g/mol. The second-order valence-electron chi connectivity index (χ2n) is 7.10. The topological polar surface area (TPSA) is 83.4 Å². The third kappa shape index (κ3) is 5.04. The summed E-state index contributed by atoms with van der Waals surface area (Å²) >= 11 is 12.3. The standard InChI is InChI=1S/C21H20Cl2N6O2/c22-15-5-6-19(29-14-24-13-25-29)18(11-15)26-20(30)12-27-7-9-28(10-8-27)21(31)16-3-1-2-4-17(16)23/h1-6,11,13-14H,7-10,12H2,(H,26,30). The fraction of sp³-hybridized carbons (Fsp3) is 0.238. The third-order valence-electron chi connectivity index (χ3n) is 5.03. The molecule has 10 heteroatoms. The van der Waals surface area contributed by atoms with E-state index in [1.54, 1.807) is 58.4 Å². The lowest BCUT2D eigenvalue weighted by atomic mass is 10.2. The Morgan fingerprint density at radius 2 is 1.81 bits per heavy atom. The van der Waals surface area contributed by atoms with Gasteiger partial charge in [-0.2, -0.15) is 5.10 Å². The zero-order valence-electron chi connectivity index (χ0n) is 16.5. The maximum absolute atomic E-state index is 12.7. The van der Waals surface area contributed by atoms with Crippen LogP contribution in [0.2, 0.25) is 10.0 Å². The zero-order valence-corrected chi connectivity index (χ0v) is 18.1. The van der Waals surface area contributed by atoms with Gasteiger partial charge in [-0.25, -0.2) is 9.67 Å². The maximum atomic E-state index is 12.7. The molecular formula is C21H20Cl2N6O2. The fourth-order valence-electron chi connectivity index (χ4n) is 3.45. The first-order valence-electron chi connectivity index (χ1n) is 9.72. The molecule has 1 fully saturated rings. The molecule has 1 saturated heterocycles. The summed E-state index contributed by atoms with van der Waals surface area (Å²) in [6.07, 6.45) is 2.97. The average Bonchev–Trinajstić information content (AvgIpc) is 3.29. The van der Waals surface area contributed by atoms with Gasteiger partial charge in [0.25, 0.3) is 5.91 Å². The minimum absolute atomic E-state index is 0.0916. The van der Waals surface area contributed by atoms with Crippen LogP contribution in [0.15, 0.2) is 55.1 Å². The van der Waals surface area contributed by atoms with Crippen molar-refractivity contribution in [2.24, 2.45) is 0 Å². The highest BCUT2D eigenvalue weighted by molar-refractivity contribution is 6.33. The molecule has 0 atom stereocenters. The Hall–Kier alpha value is -2.94. The van der Waals surface area contributed by atoms with Crippen LogP contribution in [0.1, 0.15) is 10.4 Å². The van der Waals surface area contributed by atoms with Crippen LogP contribution in [0.3, 0.4) is 0 Å². The van der Waals surface area contributed by atoms with Gasteiger partial charge in [-0.3, -0.25) is 14.5 Å². The smallest absolute Gasteiger partial charge is 0.255 e. The Morgan fingerprint density at radius 3 is 2.52 bits per heavy atom. The van der Waals surface area contributed by atoms with Gasteiger partial charge in [0.05, 0.1) is 28.5 Å². The van der Waals surface area contributed by atoms with Gasteiger partial charge in [0.15, 0.2) is 0 Å². The van der Waals surface area contributed by atoms with Crippen LogP contribution in [0.5, 0.6) is 0 Å². The number of aromatic nitrogens is 3. The molecule has 2 amide bonds. The van der Waals surface area contributed by atoms with Crippen molar-refractivity contribution < 1.29 is 9.59 Å². The molecule has 160 valence electrons. The number of piperazine rings is 1. The molecule has 1 N–H and O–H groups in total. The summed E-state index contributed by atoms with van der Waals surface area (Å²) in [5.41, 5.74) is 1.72. The van der Waals surface area contributed by atoms with Crippen LogP contribution in [-0.4, -0.2) is 69.1 Å². The van der Waals surface area contributed by atoms with E-state index in [0.717, 1.165) is 0 Å². The number of hydrogen-bond acceptors (Lipinski definition) is 5. The van der Waals surface area contributed by atoms with Gasteiger partial charge < -0.3 is 10.2 Å². The number of carbonyl (C=O) groups is 2. The molecule has 2 heterocycles. The van der Waals surface area contributed by atoms with Crippen molar-refractivity contribution >= 4 is 40.7 Å². The molecule has 0 bridgehead atoms. The van der Waals surface area contributed by atoms with Crippen LogP contribution < -0.4 is 5.32 Å². The quantitative estimate of drug-likeness (QED) is 0.635. The molecule has 0 radical (unpaired) electrons. The van der Waals surface area contributed by atoms with E-state index in [1.165, 1.54) is 6.33 Å². The van der Waals surface area contributed by atoms with E-state index in [4.69, 9.17) is 23.2 Å². The van der Waals surface area contributed by atoms with Crippen LogP contribution >= 0.6 is 23.2 Å². The molecule has 0 spiro atoms. The van der Waals surface area contributed by atoms with E-state index in [1.807, 2.05) is 4.90 Å². The molecule has 3 aromatic rings. The van der Waals surface area contributed by atoms with Crippen LogP contribution in [0.4, 0.5) is 5.69 Å². The highest BCUT2D eigenvalue weighted by Crippen LogP contribution is 2.24. The Kier molecular flexibility index (Phi) is 6.50. The molecule has 1 aliphatic rings. The van der Waals surface area contributed by atoms with E-state index in [0.29, 0.717) is 53.2 Å². The lowest BCUT2D eigenvalue weighted by Gasteiger charge is -2.34. The van der Waals surface area contributed by atoms with Gasteiger partial charge in [-0.1, -0.05) is 35.3 Å². The highest BCUT2D eigenvalue weighted by Gasteiger charge is 2.24. The van der Waals surface area contributed by atoms with Gasteiger partial charge in [0, 0.05) is 31.2 Å². The van der Waals surface area contributed by atoms with Crippen molar-refractivity contribution in [3.8, 4) is 5.69 Å². The first-order valence-corrected chi connectivity index (χ1v) is 10.5. The van der Waals surface area contributed by atoms with Gasteiger partial charge in [0.2, 0.25) is 5.91 Å². The molecule has 4 rings (SSSR count). The molecule has 8 nitrogen and oxygen atoms in total. The number of rotatable bonds is 5. The fourth-order valence-corrected chi connectivity index (χ4v) is 3.84. The number of halogens is 2. The number of anilines is 1. The molecule has 0 saturated carbocycles. The van der Waals surface area contributed by atoms with Crippen molar-refractivity contribution in [2.75, 3.05) is 38.0 Å². The highest BCUT2D eigenvalue weighted by atomic mass is 35.5. The predicted octanol–water partition coefficient (Wildman–Crippen LogP) is 2.97. The lowest BCUT2D eigenvalue weighted by molar-refractivity contribution is -0.117. The van der Waals surface area contributed by atoms with Gasteiger partial charge >= 0.3 is 0 Å². The third-order valence-corrected chi connectivity index (χ3v) is 5.59. The SMILES string of the molecule is O=C(CN1CCN(C(=O)c2ccccc2Cl)CC1)Nc1cc(Cl)ccc1-n1cncn1. The summed E-state index contributed by atoms with van der Waals surface area (Å²) in [5.74, 6) is -0.263. The van der Waals surface area contributed by atoms with Gasteiger partial charge in [-0.05, 0) is 30.3 Å². The largest absolute Gasteiger partial charge is 0.336 e. The molecular weight excluding hydrogens is 439 g/mol. The second kappa shape index (κ2) is 9.47. The maximum Gasteiger partial charge on any atom is 0.255 e. The number of benzene rings is 2. The molecule has 2 aromatic carbocycles. The Bertz CT molecular complexity index is 1080. The Morgan fingerprint density at radius 1 is 1.03 bits per heavy atom. The van der Waals surface area contributed by atoms with E-state index >= 15 is 0 Å². The molecule has 31 heavy (non-hydrogen) atoms. The molecule has 1 aliphatic heterocycles. The minimum atomic E-state index is -0.172. The van der Waals surface area contributed by atoms with Crippen molar-refractivity contribution in [1.29, 1.82) is 0 Å². The molecule has 0 unspecified atom stereocenters. The van der Waals surface area contributed by atoms with E-state index in [2.05, 4.69) is 15.4 Å².